The first-order valence-electron chi connectivity index (χ1n) is 9.66. The van der Waals surface area contributed by atoms with Gasteiger partial charge in [0.25, 0.3) is 11.5 Å². The molecule has 152 valence electrons. The van der Waals surface area contributed by atoms with Crippen LogP contribution in [0.4, 0.5) is 11.5 Å². The quantitative estimate of drug-likeness (QED) is 0.797. The van der Waals surface area contributed by atoms with Crippen LogP contribution in [0.15, 0.2) is 33.9 Å². The van der Waals surface area contributed by atoms with Crippen molar-refractivity contribution in [3.63, 3.8) is 0 Å². The Bertz CT molecular complexity index is 950. The molecular weight excluding hydrogens is 356 g/mol. The Labute approximate surface area is 165 Å². The summed E-state index contributed by atoms with van der Waals surface area (Å²) in [5.74, 6) is -0.315. The molecule has 0 bridgehead atoms. The minimum Gasteiger partial charge on any atom is -0.383 e. The van der Waals surface area contributed by atoms with Gasteiger partial charge in [0.05, 0.1) is 0 Å². The summed E-state index contributed by atoms with van der Waals surface area (Å²) in [7, 11) is 0. The summed E-state index contributed by atoms with van der Waals surface area (Å²) < 4.78 is 1.32. The highest BCUT2D eigenvalue weighted by Crippen LogP contribution is 2.24. The van der Waals surface area contributed by atoms with E-state index in [1.165, 1.54) is 9.47 Å². The number of nitrogens with two attached hydrogens (primary N) is 1. The summed E-state index contributed by atoms with van der Waals surface area (Å²) in [6.07, 6.45) is 1.61. The van der Waals surface area contributed by atoms with Gasteiger partial charge in [0.2, 0.25) is 0 Å². The monoisotopic (exact) mass is 386 g/mol. The lowest BCUT2D eigenvalue weighted by molar-refractivity contribution is 0.0988. The molecule has 28 heavy (non-hydrogen) atoms. The van der Waals surface area contributed by atoms with Gasteiger partial charge in [-0.15, -0.1) is 0 Å². The van der Waals surface area contributed by atoms with Crippen molar-refractivity contribution in [2.45, 2.75) is 59.4 Å². The Morgan fingerprint density at radius 2 is 1.75 bits per heavy atom. The average Bonchev–Trinajstić information content (AvgIpc) is 2.63. The first kappa shape index (κ1) is 21.5. The number of nitrogens with one attached hydrogen (secondary N) is 1. The number of anilines is 2. The zero-order valence-electron chi connectivity index (χ0n) is 17.3. The molecule has 7 heteroatoms. The van der Waals surface area contributed by atoms with Crippen LogP contribution in [-0.4, -0.2) is 22.0 Å². The van der Waals surface area contributed by atoms with Gasteiger partial charge in [0.15, 0.2) is 5.69 Å². The van der Waals surface area contributed by atoms with Crippen molar-refractivity contribution in [1.82, 2.24) is 9.55 Å². The molecule has 0 atom stereocenters. The number of amides is 1. The number of hydrogen-bond acceptors (Lipinski definition) is 4. The van der Waals surface area contributed by atoms with Gasteiger partial charge >= 0.3 is 5.69 Å². The maximum absolute atomic E-state index is 13.1. The van der Waals surface area contributed by atoms with Gasteiger partial charge in [-0.25, -0.2) is 4.79 Å². The smallest absolute Gasteiger partial charge is 0.330 e. The molecule has 2 aromatic rings. The molecule has 1 aromatic heterocycles. The van der Waals surface area contributed by atoms with Crippen LogP contribution in [0, 0.1) is 0 Å². The van der Waals surface area contributed by atoms with Gasteiger partial charge in [-0.3, -0.25) is 19.1 Å². The molecule has 0 unspecified atom stereocenters. The Balaban J connectivity index is 2.49. The summed E-state index contributed by atoms with van der Waals surface area (Å²) in [5, 5.41) is 0. The molecule has 0 radical (unpaired) electrons. The van der Waals surface area contributed by atoms with Crippen LogP contribution < -0.4 is 21.9 Å². The molecule has 1 amide bonds. The van der Waals surface area contributed by atoms with E-state index in [-0.39, 0.29) is 29.4 Å². The average molecular weight is 386 g/mol. The second kappa shape index (κ2) is 8.46. The van der Waals surface area contributed by atoms with E-state index in [2.05, 4.69) is 25.8 Å². The van der Waals surface area contributed by atoms with Crippen LogP contribution in [-0.2, 0) is 12.0 Å². The van der Waals surface area contributed by atoms with Crippen LogP contribution in [0.2, 0.25) is 0 Å². The minimum absolute atomic E-state index is 0.0168. The van der Waals surface area contributed by atoms with Crippen LogP contribution in [0.25, 0.3) is 0 Å². The molecule has 0 aliphatic heterocycles. The number of unbranched alkanes of at least 4 members (excludes halogenated alkanes) is 1. The standard InChI is InChI=1S/C21H30N4O3/c1-6-8-13-25-17(22)16(18(26)23-20(25)28)24(7-2)19(27)14-9-11-15(12-10-14)21(3,4)5/h9-12H,6-8,13,22H2,1-5H3,(H,23,26,28). The van der Waals surface area contributed by atoms with Gasteiger partial charge in [-0.2, -0.15) is 0 Å². The third-order valence-electron chi connectivity index (χ3n) is 4.78. The fraction of sp³-hybridized carbons (Fsp3) is 0.476. The van der Waals surface area contributed by atoms with Crippen molar-refractivity contribution in [1.29, 1.82) is 0 Å². The summed E-state index contributed by atoms with van der Waals surface area (Å²) in [6.45, 7) is 10.7. The molecule has 0 spiro atoms. The fourth-order valence-electron chi connectivity index (χ4n) is 3.05. The molecule has 0 fully saturated rings. The van der Waals surface area contributed by atoms with Gasteiger partial charge in [0.1, 0.15) is 5.82 Å². The number of rotatable bonds is 6. The molecule has 0 aliphatic rings. The number of aromatic amines is 1. The number of benzene rings is 1. The maximum Gasteiger partial charge on any atom is 0.330 e. The third kappa shape index (κ3) is 4.35. The maximum atomic E-state index is 13.1. The number of nitrogens with zero attached hydrogens (tertiary/aromatic N) is 2. The Morgan fingerprint density at radius 3 is 2.25 bits per heavy atom. The van der Waals surface area contributed by atoms with Gasteiger partial charge in [0, 0.05) is 18.7 Å². The van der Waals surface area contributed by atoms with Crippen LogP contribution in [0.1, 0.15) is 63.4 Å². The highest BCUT2D eigenvalue weighted by Gasteiger charge is 2.24. The first-order chi connectivity index (χ1) is 13.1. The first-order valence-corrected chi connectivity index (χ1v) is 9.66. The third-order valence-corrected chi connectivity index (χ3v) is 4.78. The van der Waals surface area contributed by atoms with Crippen LogP contribution >= 0.6 is 0 Å². The van der Waals surface area contributed by atoms with E-state index in [1.807, 2.05) is 19.1 Å². The molecule has 1 aromatic carbocycles. The number of carbonyl (C=O) groups is 1. The zero-order valence-corrected chi connectivity index (χ0v) is 17.3. The number of carbonyl (C=O) groups excluding carboxylic acids is 1. The molecule has 3 N–H and O–H groups in total. The SMILES string of the molecule is CCCCn1c(N)c(N(CC)C(=O)c2ccc(C(C)(C)C)cc2)c(=O)[nH]c1=O. The number of aromatic nitrogens is 2. The van der Waals surface area contributed by atoms with Crippen molar-refractivity contribution in [2.75, 3.05) is 17.2 Å². The molecule has 7 nitrogen and oxygen atoms in total. The lowest BCUT2D eigenvalue weighted by Crippen LogP contribution is -2.41. The number of nitrogen functional groups attached to an aromatic ring is 1. The second-order valence-electron chi connectivity index (χ2n) is 7.88. The van der Waals surface area contributed by atoms with Gasteiger partial charge < -0.3 is 10.6 Å². The summed E-state index contributed by atoms with van der Waals surface area (Å²) >= 11 is 0. The van der Waals surface area contributed by atoms with Gasteiger partial charge in [-0.05, 0) is 36.5 Å². The Kier molecular flexibility index (Phi) is 6.48. The predicted molar refractivity (Wildman–Crippen MR) is 113 cm³/mol. The molecular formula is C21H30N4O3. The minimum atomic E-state index is -0.656. The molecule has 0 saturated carbocycles. The van der Waals surface area contributed by atoms with Crippen molar-refractivity contribution in [2.24, 2.45) is 0 Å². The molecule has 0 aliphatic carbocycles. The number of H-pyrrole nitrogens is 1. The molecule has 2 rings (SSSR count). The normalized spacial score (nSPS) is 11.5. The van der Waals surface area contributed by atoms with E-state index in [0.29, 0.717) is 12.1 Å². The van der Waals surface area contributed by atoms with E-state index >= 15 is 0 Å². The van der Waals surface area contributed by atoms with E-state index in [4.69, 9.17) is 5.73 Å². The molecule has 0 saturated heterocycles. The Hall–Kier alpha value is -2.83. The van der Waals surface area contributed by atoms with Crippen LogP contribution in [0.3, 0.4) is 0 Å². The highest BCUT2D eigenvalue weighted by atomic mass is 16.2. The van der Waals surface area contributed by atoms with Crippen LogP contribution in [0.5, 0.6) is 0 Å². The second-order valence-corrected chi connectivity index (χ2v) is 7.88. The van der Waals surface area contributed by atoms with Crippen molar-refractivity contribution < 1.29 is 4.79 Å². The van der Waals surface area contributed by atoms with Crippen molar-refractivity contribution in [3.8, 4) is 0 Å². The van der Waals surface area contributed by atoms with E-state index in [9.17, 15) is 14.4 Å². The zero-order chi connectivity index (χ0) is 21.1. The van der Waals surface area contributed by atoms with Gasteiger partial charge in [-0.1, -0.05) is 46.2 Å². The fourth-order valence-corrected chi connectivity index (χ4v) is 3.05. The van der Waals surface area contributed by atoms with Crippen molar-refractivity contribution in [3.05, 3.63) is 56.2 Å². The lowest BCUT2D eigenvalue weighted by Gasteiger charge is -2.24. The summed E-state index contributed by atoms with van der Waals surface area (Å²) in [6, 6.07) is 7.33. The lowest BCUT2D eigenvalue weighted by atomic mass is 9.86. The van der Waals surface area contributed by atoms with E-state index in [0.717, 1.165) is 18.4 Å². The number of hydrogen-bond donors (Lipinski definition) is 2. The highest BCUT2D eigenvalue weighted by molar-refractivity contribution is 6.07. The summed E-state index contributed by atoms with van der Waals surface area (Å²) in [5.41, 5.74) is 6.49. The van der Waals surface area contributed by atoms with E-state index < -0.39 is 11.2 Å². The molecule has 1 heterocycles. The topological polar surface area (TPSA) is 101 Å². The Morgan fingerprint density at radius 1 is 1.14 bits per heavy atom. The largest absolute Gasteiger partial charge is 0.383 e. The summed E-state index contributed by atoms with van der Waals surface area (Å²) in [4.78, 5) is 41.3. The van der Waals surface area contributed by atoms with E-state index in [1.54, 1.807) is 19.1 Å². The predicted octanol–water partition coefficient (Wildman–Crippen LogP) is 2.88. The van der Waals surface area contributed by atoms with Crippen molar-refractivity contribution >= 4 is 17.4 Å².